The van der Waals surface area contributed by atoms with Crippen LogP contribution in [0.5, 0.6) is 0 Å². The highest BCUT2D eigenvalue weighted by atomic mass is 16.5. The molecule has 2 aromatic rings. The fourth-order valence-electron chi connectivity index (χ4n) is 8.46. The molecule has 5 aliphatic rings. The molecule has 3 atom stereocenters. The third-order valence-corrected chi connectivity index (χ3v) is 9.78. The molecule has 36 heavy (non-hydrogen) atoms. The van der Waals surface area contributed by atoms with Crippen molar-refractivity contribution in [1.82, 2.24) is 4.57 Å². The molecule has 5 fully saturated rings. The third-order valence-electron chi connectivity index (χ3n) is 9.78. The van der Waals surface area contributed by atoms with Crippen molar-refractivity contribution in [3.63, 3.8) is 0 Å². The maximum atomic E-state index is 13.7. The molecular weight excluding hydrogens is 450 g/mol. The van der Waals surface area contributed by atoms with Crippen molar-refractivity contribution in [1.29, 1.82) is 0 Å². The number of Topliss-reactive ketones (excluding diaryl/α,β-unsaturated/α-hetero) is 1. The number of nitrogens with zero attached hydrogens (tertiary/aromatic N) is 1. The first-order valence-electron chi connectivity index (χ1n) is 13.8. The van der Waals surface area contributed by atoms with Crippen LogP contribution in [-0.4, -0.2) is 35.6 Å². The molecule has 0 N–H and O–H groups in total. The lowest BCUT2D eigenvalue weighted by molar-refractivity contribution is -0.172. The fourth-order valence-corrected chi connectivity index (χ4v) is 8.46. The Kier molecular flexibility index (Phi) is 5.90. The smallest absolute Gasteiger partial charge is 0.312 e. The van der Waals surface area contributed by atoms with Crippen LogP contribution in [0.4, 0.5) is 0 Å². The molecule has 1 saturated heterocycles. The van der Waals surface area contributed by atoms with Crippen LogP contribution in [0.15, 0.2) is 30.3 Å². The largest absolute Gasteiger partial charge is 0.457 e. The monoisotopic (exact) mass is 489 g/mol. The van der Waals surface area contributed by atoms with Gasteiger partial charge in [-0.2, -0.15) is 0 Å². The van der Waals surface area contributed by atoms with E-state index in [4.69, 9.17) is 9.47 Å². The summed E-state index contributed by atoms with van der Waals surface area (Å²) in [5, 5.41) is 0. The molecule has 4 saturated carbocycles. The Morgan fingerprint density at radius 1 is 1.06 bits per heavy atom. The van der Waals surface area contributed by atoms with Crippen LogP contribution in [-0.2, 0) is 26.2 Å². The van der Waals surface area contributed by atoms with Crippen LogP contribution < -0.4 is 0 Å². The van der Waals surface area contributed by atoms with Crippen molar-refractivity contribution < 1.29 is 19.1 Å². The first kappa shape index (κ1) is 24.0. The Bertz CT molecular complexity index is 1160. The van der Waals surface area contributed by atoms with Gasteiger partial charge in [-0.15, -0.1) is 0 Å². The van der Waals surface area contributed by atoms with Crippen LogP contribution in [0.25, 0.3) is 0 Å². The number of rotatable bonds is 7. The topological polar surface area (TPSA) is 57.5 Å². The minimum atomic E-state index is -0.439. The van der Waals surface area contributed by atoms with Gasteiger partial charge >= 0.3 is 5.97 Å². The number of benzene rings is 1. The Morgan fingerprint density at radius 3 is 2.44 bits per heavy atom. The minimum Gasteiger partial charge on any atom is -0.457 e. The first-order valence-corrected chi connectivity index (χ1v) is 13.8. The summed E-state index contributed by atoms with van der Waals surface area (Å²) in [4.78, 5) is 26.8. The van der Waals surface area contributed by atoms with Gasteiger partial charge in [-0.05, 0) is 101 Å². The summed E-state index contributed by atoms with van der Waals surface area (Å²) in [6.45, 7) is 7.57. The molecule has 1 aromatic heterocycles. The summed E-state index contributed by atoms with van der Waals surface area (Å²) in [6.07, 6.45) is 8.66. The number of ether oxygens (including phenoxy) is 2. The zero-order valence-corrected chi connectivity index (χ0v) is 22.0. The van der Waals surface area contributed by atoms with E-state index in [1.807, 2.05) is 19.9 Å². The second kappa shape index (κ2) is 8.86. The van der Waals surface area contributed by atoms with E-state index in [9.17, 15) is 9.59 Å². The van der Waals surface area contributed by atoms with Crippen molar-refractivity contribution in [2.75, 3.05) is 13.2 Å². The summed E-state index contributed by atoms with van der Waals surface area (Å²) >= 11 is 0. The van der Waals surface area contributed by atoms with Gasteiger partial charge in [-0.3, -0.25) is 9.59 Å². The number of ketones is 1. The van der Waals surface area contributed by atoms with E-state index in [0.29, 0.717) is 17.4 Å². The number of esters is 1. The highest BCUT2D eigenvalue weighted by molar-refractivity contribution is 5.99. The van der Waals surface area contributed by atoms with Gasteiger partial charge in [0.1, 0.15) is 0 Å². The Hall–Kier alpha value is -2.40. The van der Waals surface area contributed by atoms with Crippen molar-refractivity contribution in [3.8, 4) is 0 Å². The fraction of sp³-hybridized carbons (Fsp3) is 0.613. The Balaban J connectivity index is 1.16. The molecule has 1 aliphatic heterocycles. The molecule has 5 nitrogen and oxygen atoms in total. The van der Waals surface area contributed by atoms with Gasteiger partial charge in [0.25, 0.3) is 0 Å². The molecule has 192 valence electrons. The lowest BCUT2D eigenvalue weighted by atomic mass is 9.43. The highest BCUT2D eigenvalue weighted by Gasteiger charge is 2.61. The zero-order chi connectivity index (χ0) is 25.1. The molecule has 0 spiro atoms. The number of hydrogen-bond acceptors (Lipinski definition) is 4. The van der Waals surface area contributed by atoms with Gasteiger partial charge in [-0.1, -0.05) is 29.8 Å². The van der Waals surface area contributed by atoms with Crippen LogP contribution >= 0.6 is 0 Å². The van der Waals surface area contributed by atoms with E-state index >= 15 is 0 Å². The summed E-state index contributed by atoms with van der Waals surface area (Å²) in [5.74, 6) is 0.905. The molecular formula is C31H39NO4. The number of aromatic nitrogens is 1. The SMILES string of the molecule is Cc1ccc(C23C[C@H]4C[C@@H](CC(C(=O)OCC(=O)c5cc(C)n(C[C@H]6CCCO6)c5C)(C4)C2)C3)cc1. The molecule has 1 aromatic carbocycles. The molecule has 0 radical (unpaired) electrons. The predicted molar refractivity (Wildman–Crippen MR) is 138 cm³/mol. The van der Waals surface area contributed by atoms with E-state index in [1.165, 1.54) is 30.4 Å². The van der Waals surface area contributed by atoms with Gasteiger partial charge in [0.05, 0.1) is 11.5 Å². The van der Waals surface area contributed by atoms with Gasteiger partial charge in [-0.25, -0.2) is 0 Å². The number of carbonyl (C=O) groups is 2. The van der Waals surface area contributed by atoms with Crippen molar-refractivity contribution in [2.24, 2.45) is 17.3 Å². The van der Waals surface area contributed by atoms with Crippen LogP contribution in [0, 0.1) is 38.0 Å². The number of aryl methyl sites for hydroxylation is 2. The number of carbonyl (C=O) groups excluding carboxylic acids is 2. The quantitative estimate of drug-likeness (QED) is 0.361. The van der Waals surface area contributed by atoms with Gasteiger partial charge < -0.3 is 14.0 Å². The van der Waals surface area contributed by atoms with Gasteiger partial charge in [0, 0.05) is 30.1 Å². The first-order chi connectivity index (χ1) is 17.3. The molecule has 0 unspecified atom stereocenters. The number of hydrogen-bond donors (Lipinski definition) is 0. The van der Waals surface area contributed by atoms with Crippen LogP contribution in [0.2, 0.25) is 0 Å². The van der Waals surface area contributed by atoms with E-state index in [1.54, 1.807) is 0 Å². The summed E-state index contributed by atoms with van der Waals surface area (Å²) in [7, 11) is 0. The van der Waals surface area contributed by atoms with Gasteiger partial charge in [0.15, 0.2) is 6.61 Å². The van der Waals surface area contributed by atoms with E-state index < -0.39 is 5.41 Å². The molecule has 5 heteroatoms. The lowest BCUT2D eigenvalue weighted by Gasteiger charge is -2.61. The highest BCUT2D eigenvalue weighted by Crippen LogP contribution is 2.66. The molecule has 7 rings (SSSR count). The van der Waals surface area contributed by atoms with Gasteiger partial charge in [0.2, 0.25) is 5.78 Å². The average Bonchev–Trinajstić information content (AvgIpc) is 3.45. The molecule has 0 amide bonds. The molecule has 4 aliphatic carbocycles. The lowest BCUT2D eigenvalue weighted by Crippen LogP contribution is -2.57. The van der Waals surface area contributed by atoms with E-state index in [-0.39, 0.29) is 29.9 Å². The minimum absolute atomic E-state index is 0.0774. The van der Waals surface area contributed by atoms with E-state index in [2.05, 4.69) is 35.8 Å². The molecule has 2 heterocycles. The molecule has 4 bridgehead atoms. The summed E-state index contributed by atoms with van der Waals surface area (Å²) in [5.41, 5.74) is 4.95. The second-order valence-corrected chi connectivity index (χ2v) is 12.4. The summed E-state index contributed by atoms with van der Waals surface area (Å²) < 4.78 is 13.8. The summed E-state index contributed by atoms with van der Waals surface area (Å²) in [6, 6.07) is 10.9. The maximum Gasteiger partial charge on any atom is 0.312 e. The maximum absolute atomic E-state index is 13.7. The third kappa shape index (κ3) is 4.04. The Labute approximate surface area is 214 Å². The zero-order valence-electron chi connectivity index (χ0n) is 22.0. The normalized spacial score (nSPS) is 32.7. The standard InChI is InChI=1S/C31H39NO4/c1-20-6-8-25(9-7-20)30-13-23-12-24(14-30)16-31(15-23,19-30)29(34)36-18-28(33)27-11-21(2)32(22(27)3)17-26-5-4-10-35-26/h6-9,11,23-24,26H,4-5,10,12-19H2,1-3H3/t23-,24-,26-,30?,31?/m1/s1. The van der Waals surface area contributed by atoms with Crippen LogP contribution in [0.1, 0.15) is 84.2 Å². The second-order valence-electron chi connectivity index (χ2n) is 12.4. The predicted octanol–water partition coefficient (Wildman–Crippen LogP) is 5.86. The van der Waals surface area contributed by atoms with E-state index in [0.717, 1.165) is 56.6 Å². The van der Waals surface area contributed by atoms with Crippen molar-refractivity contribution in [2.45, 2.75) is 90.2 Å². The Morgan fingerprint density at radius 2 is 1.78 bits per heavy atom. The van der Waals surface area contributed by atoms with Crippen molar-refractivity contribution >= 4 is 11.8 Å². The van der Waals surface area contributed by atoms with Crippen LogP contribution in [0.3, 0.4) is 0 Å². The average molecular weight is 490 g/mol. The van der Waals surface area contributed by atoms with Crippen molar-refractivity contribution in [3.05, 3.63) is 58.4 Å².